The molecule has 1 unspecified atom stereocenters. The number of hydrogen-bond donors (Lipinski definition) is 1. The molecule has 1 nitrogen and oxygen atoms in total. The fourth-order valence-electron chi connectivity index (χ4n) is 2.96. The summed E-state index contributed by atoms with van der Waals surface area (Å²) < 4.78 is 26.6. The highest BCUT2D eigenvalue weighted by Crippen LogP contribution is 2.39. The predicted octanol–water partition coefficient (Wildman–Crippen LogP) is 3.97. The topological polar surface area (TPSA) is 26.0 Å². The van der Waals surface area contributed by atoms with Crippen molar-refractivity contribution < 1.29 is 8.78 Å². The lowest BCUT2D eigenvalue weighted by molar-refractivity contribution is 0.192. The second kappa shape index (κ2) is 4.96. The van der Waals surface area contributed by atoms with Crippen LogP contribution in [0.3, 0.4) is 0 Å². The van der Waals surface area contributed by atoms with Crippen molar-refractivity contribution in [2.75, 3.05) is 0 Å². The Morgan fingerprint density at radius 1 is 1.06 bits per heavy atom. The van der Waals surface area contributed by atoms with Crippen molar-refractivity contribution in [3.63, 3.8) is 0 Å². The van der Waals surface area contributed by atoms with Crippen molar-refractivity contribution in [3.05, 3.63) is 35.4 Å². The van der Waals surface area contributed by atoms with Gasteiger partial charge in [-0.3, -0.25) is 0 Å². The first-order valence-electron chi connectivity index (χ1n) is 6.65. The van der Waals surface area contributed by atoms with Gasteiger partial charge in [0.2, 0.25) is 0 Å². The molecule has 0 radical (unpaired) electrons. The third-order valence-electron chi connectivity index (χ3n) is 4.35. The monoisotopic (exact) mass is 253 g/mol. The lowest BCUT2D eigenvalue weighted by Gasteiger charge is -2.39. The van der Waals surface area contributed by atoms with Gasteiger partial charge in [0.1, 0.15) is 11.6 Å². The van der Waals surface area contributed by atoms with Crippen molar-refractivity contribution in [1.29, 1.82) is 0 Å². The van der Waals surface area contributed by atoms with Gasteiger partial charge >= 0.3 is 0 Å². The fourth-order valence-corrected chi connectivity index (χ4v) is 2.96. The van der Waals surface area contributed by atoms with Crippen LogP contribution >= 0.6 is 0 Å². The molecule has 0 heterocycles. The maximum absolute atomic E-state index is 13.3. The van der Waals surface area contributed by atoms with Crippen LogP contribution in [0.1, 0.15) is 45.1 Å². The van der Waals surface area contributed by atoms with Crippen molar-refractivity contribution >= 4 is 0 Å². The summed E-state index contributed by atoms with van der Waals surface area (Å²) in [6, 6.07) is 3.62. The summed E-state index contributed by atoms with van der Waals surface area (Å²) >= 11 is 0. The Hall–Kier alpha value is -0.960. The van der Waals surface area contributed by atoms with Gasteiger partial charge in [0.05, 0.1) is 0 Å². The van der Waals surface area contributed by atoms with Gasteiger partial charge in [-0.2, -0.15) is 0 Å². The van der Waals surface area contributed by atoms with Gasteiger partial charge in [-0.1, -0.05) is 19.8 Å². The molecule has 1 fully saturated rings. The summed E-state index contributed by atoms with van der Waals surface area (Å²) in [7, 11) is 0. The van der Waals surface area contributed by atoms with E-state index in [1.165, 1.54) is 12.1 Å². The number of hydrogen-bond acceptors (Lipinski definition) is 1. The van der Waals surface area contributed by atoms with Crippen LogP contribution in [-0.2, 0) is 5.54 Å². The zero-order valence-electron chi connectivity index (χ0n) is 11.0. The number of nitrogens with two attached hydrogens (primary N) is 1. The molecule has 1 aliphatic rings. The highest BCUT2D eigenvalue weighted by atomic mass is 19.1. The Kier molecular flexibility index (Phi) is 3.71. The van der Waals surface area contributed by atoms with E-state index in [1.807, 2.05) is 6.92 Å². The van der Waals surface area contributed by atoms with E-state index in [1.54, 1.807) is 0 Å². The molecule has 1 atom stereocenters. The molecule has 0 aromatic heterocycles. The van der Waals surface area contributed by atoms with Gasteiger partial charge in [0.25, 0.3) is 0 Å². The average molecular weight is 253 g/mol. The van der Waals surface area contributed by atoms with E-state index in [9.17, 15) is 8.78 Å². The van der Waals surface area contributed by atoms with E-state index in [0.717, 1.165) is 37.7 Å². The first-order chi connectivity index (χ1) is 8.39. The Morgan fingerprint density at radius 2 is 1.56 bits per heavy atom. The Morgan fingerprint density at radius 3 is 2.06 bits per heavy atom. The van der Waals surface area contributed by atoms with E-state index < -0.39 is 17.2 Å². The molecule has 0 spiro atoms. The molecule has 100 valence electrons. The van der Waals surface area contributed by atoms with Crippen LogP contribution in [0.2, 0.25) is 0 Å². The summed E-state index contributed by atoms with van der Waals surface area (Å²) in [5.41, 5.74) is 6.28. The molecule has 1 aromatic rings. The van der Waals surface area contributed by atoms with Crippen molar-refractivity contribution in [2.45, 2.75) is 45.1 Å². The first-order valence-corrected chi connectivity index (χ1v) is 6.65. The fraction of sp³-hybridized carbons (Fsp3) is 0.600. The van der Waals surface area contributed by atoms with Gasteiger partial charge in [0.15, 0.2) is 0 Å². The van der Waals surface area contributed by atoms with Crippen molar-refractivity contribution in [1.82, 2.24) is 0 Å². The molecular weight excluding hydrogens is 232 g/mol. The molecule has 1 saturated carbocycles. The van der Waals surface area contributed by atoms with Gasteiger partial charge in [0, 0.05) is 11.6 Å². The van der Waals surface area contributed by atoms with Crippen LogP contribution in [0, 0.1) is 23.5 Å². The van der Waals surface area contributed by atoms with Gasteiger partial charge in [-0.15, -0.1) is 0 Å². The maximum atomic E-state index is 13.3. The second-order valence-electron chi connectivity index (χ2n) is 5.90. The third-order valence-corrected chi connectivity index (χ3v) is 4.35. The minimum atomic E-state index is -0.650. The standard InChI is InChI=1S/C15H21F2N/c1-10-3-5-11(6-4-10)15(2,18)12-7-13(16)9-14(17)8-12/h7-11H,3-6,18H2,1-2H3. The quantitative estimate of drug-likeness (QED) is 0.848. The average Bonchev–Trinajstić information content (AvgIpc) is 2.28. The lowest BCUT2D eigenvalue weighted by atomic mass is 9.70. The van der Waals surface area contributed by atoms with E-state index >= 15 is 0 Å². The van der Waals surface area contributed by atoms with Crippen molar-refractivity contribution in [3.8, 4) is 0 Å². The molecule has 18 heavy (non-hydrogen) atoms. The number of halogens is 2. The normalized spacial score (nSPS) is 27.8. The minimum Gasteiger partial charge on any atom is -0.321 e. The van der Waals surface area contributed by atoms with Crippen LogP contribution in [0.4, 0.5) is 8.78 Å². The maximum Gasteiger partial charge on any atom is 0.126 e. The van der Waals surface area contributed by atoms with E-state index in [4.69, 9.17) is 5.73 Å². The van der Waals surface area contributed by atoms with Gasteiger partial charge < -0.3 is 5.73 Å². The largest absolute Gasteiger partial charge is 0.321 e. The summed E-state index contributed by atoms with van der Waals surface area (Å²) in [4.78, 5) is 0. The van der Waals surface area contributed by atoms with Crippen LogP contribution in [-0.4, -0.2) is 0 Å². The van der Waals surface area contributed by atoms with Gasteiger partial charge in [-0.25, -0.2) is 8.78 Å². The third kappa shape index (κ3) is 2.72. The molecule has 0 aliphatic heterocycles. The molecule has 0 bridgehead atoms. The Bertz CT molecular complexity index is 400. The Balaban J connectivity index is 2.24. The number of benzene rings is 1. The van der Waals surface area contributed by atoms with Crippen molar-refractivity contribution in [2.24, 2.45) is 17.6 Å². The van der Waals surface area contributed by atoms with Gasteiger partial charge in [-0.05, 0) is 49.3 Å². The van der Waals surface area contributed by atoms with E-state index in [2.05, 4.69) is 6.92 Å². The van der Waals surface area contributed by atoms with Crippen LogP contribution in [0.5, 0.6) is 0 Å². The predicted molar refractivity (Wildman–Crippen MR) is 69.0 cm³/mol. The van der Waals surface area contributed by atoms with E-state index in [-0.39, 0.29) is 0 Å². The molecule has 2 rings (SSSR count). The molecular formula is C15H21F2N. The zero-order valence-corrected chi connectivity index (χ0v) is 11.0. The summed E-state index contributed by atoms with van der Waals surface area (Å²) in [6.45, 7) is 4.13. The SMILES string of the molecule is CC1CCC(C(C)(N)c2cc(F)cc(F)c2)CC1. The smallest absolute Gasteiger partial charge is 0.126 e. The minimum absolute atomic E-state index is 0.301. The highest BCUT2D eigenvalue weighted by molar-refractivity contribution is 5.26. The van der Waals surface area contributed by atoms with Crippen LogP contribution < -0.4 is 5.73 Å². The second-order valence-corrected chi connectivity index (χ2v) is 5.90. The molecule has 0 amide bonds. The Labute approximate surface area is 107 Å². The lowest BCUT2D eigenvalue weighted by Crippen LogP contribution is -2.43. The van der Waals surface area contributed by atoms with E-state index in [0.29, 0.717) is 11.5 Å². The van der Waals surface area contributed by atoms with Crippen LogP contribution in [0.25, 0.3) is 0 Å². The molecule has 2 N–H and O–H groups in total. The molecule has 1 aliphatic carbocycles. The number of rotatable bonds is 2. The highest BCUT2D eigenvalue weighted by Gasteiger charge is 2.34. The zero-order chi connectivity index (χ0) is 13.3. The summed E-state index contributed by atoms with van der Waals surface area (Å²) in [6.07, 6.45) is 4.36. The summed E-state index contributed by atoms with van der Waals surface area (Å²) in [5, 5.41) is 0. The molecule has 3 heteroatoms. The summed E-state index contributed by atoms with van der Waals surface area (Å²) in [5.74, 6) is -0.0621. The first kappa shape index (κ1) is 13.5. The molecule has 1 aromatic carbocycles. The molecule has 0 saturated heterocycles. The van der Waals surface area contributed by atoms with Crippen LogP contribution in [0.15, 0.2) is 18.2 Å².